The molecule has 0 aliphatic heterocycles. The second kappa shape index (κ2) is 7.13. The van der Waals surface area contributed by atoms with Gasteiger partial charge in [-0.25, -0.2) is 4.79 Å². The van der Waals surface area contributed by atoms with Crippen LogP contribution in [0.1, 0.15) is 43.2 Å². The Morgan fingerprint density at radius 3 is 2.65 bits per heavy atom. The minimum atomic E-state index is -0.0123. The number of nitrogens with zero attached hydrogens (tertiary/aromatic N) is 1. The summed E-state index contributed by atoms with van der Waals surface area (Å²) in [5.41, 5.74) is 2.34. The van der Waals surface area contributed by atoms with Gasteiger partial charge in [-0.1, -0.05) is 43.5 Å². The highest BCUT2D eigenvalue weighted by molar-refractivity contribution is 5.76. The third-order valence-corrected chi connectivity index (χ3v) is 4.10. The first-order valence-electron chi connectivity index (χ1n) is 7.44. The van der Waals surface area contributed by atoms with Gasteiger partial charge in [0.2, 0.25) is 0 Å². The van der Waals surface area contributed by atoms with Crippen LogP contribution in [0.5, 0.6) is 0 Å². The average molecular weight is 272 g/mol. The Morgan fingerprint density at radius 2 is 1.95 bits per heavy atom. The zero-order valence-corrected chi connectivity index (χ0v) is 12.4. The van der Waals surface area contributed by atoms with Gasteiger partial charge in [-0.15, -0.1) is 0 Å². The molecule has 108 valence electrons. The normalized spacial score (nSPS) is 16.3. The molecule has 0 saturated heterocycles. The molecule has 1 N–H and O–H groups in total. The van der Waals surface area contributed by atoms with Crippen molar-refractivity contribution in [2.45, 2.75) is 45.1 Å². The van der Waals surface area contributed by atoms with E-state index in [2.05, 4.69) is 18.3 Å². The highest BCUT2D eigenvalue weighted by Crippen LogP contribution is 2.21. The van der Waals surface area contributed by atoms with E-state index < -0.39 is 0 Å². The van der Waals surface area contributed by atoms with E-state index in [0.29, 0.717) is 6.04 Å². The number of carbonyl (C=O) groups excluding carboxylic acids is 1. The molecule has 1 aromatic carbocycles. The third-order valence-electron chi connectivity index (χ3n) is 4.10. The Morgan fingerprint density at radius 1 is 1.25 bits per heavy atom. The van der Waals surface area contributed by atoms with Crippen molar-refractivity contribution in [3.8, 4) is 0 Å². The van der Waals surface area contributed by atoms with Crippen molar-refractivity contribution < 1.29 is 4.79 Å². The fraction of sp³-hybridized carbons (Fsp3) is 0.471. The summed E-state index contributed by atoms with van der Waals surface area (Å²) in [6, 6.07) is 8.51. The van der Waals surface area contributed by atoms with Crippen LogP contribution in [0.3, 0.4) is 0 Å². The van der Waals surface area contributed by atoms with Gasteiger partial charge in [-0.3, -0.25) is 0 Å². The Bertz CT molecular complexity index is 476. The van der Waals surface area contributed by atoms with E-state index in [-0.39, 0.29) is 6.03 Å². The van der Waals surface area contributed by atoms with Crippen molar-refractivity contribution in [1.29, 1.82) is 0 Å². The predicted octanol–water partition coefficient (Wildman–Crippen LogP) is 3.94. The molecule has 3 nitrogen and oxygen atoms in total. The molecule has 0 radical (unpaired) electrons. The van der Waals surface area contributed by atoms with Gasteiger partial charge in [0.05, 0.1) is 0 Å². The topological polar surface area (TPSA) is 32.3 Å². The summed E-state index contributed by atoms with van der Waals surface area (Å²) < 4.78 is 0. The molecule has 1 aliphatic rings. The van der Waals surface area contributed by atoms with Crippen LogP contribution in [0, 0.1) is 6.92 Å². The molecular formula is C17H24N2O. The summed E-state index contributed by atoms with van der Waals surface area (Å²) in [6.07, 6.45) is 9.73. The first-order chi connectivity index (χ1) is 9.68. The van der Waals surface area contributed by atoms with Gasteiger partial charge in [0, 0.05) is 19.3 Å². The molecule has 0 bridgehead atoms. The Labute approximate surface area is 121 Å². The number of hydrogen-bond acceptors (Lipinski definition) is 1. The van der Waals surface area contributed by atoms with Crippen LogP contribution in [0.4, 0.5) is 4.79 Å². The fourth-order valence-electron chi connectivity index (χ4n) is 2.71. The summed E-state index contributed by atoms with van der Waals surface area (Å²) in [7, 11) is 1.90. The summed E-state index contributed by atoms with van der Waals surface area (Å²) in [4.78, 5) is 13.9. The third kappa shape index (κ3) is 3.86. The largest absolute Gasteiger partial charge is 0.325 e. The number of carbonyl (C=O) groups is 1. The highest BCUT2D eigenvalue weighted by Gasteiger charge is 2.21. The van der Waals surface area contributed by atoms with Crippen molar-refractivity contribution in [3.63, 3.8) is 0 Å². The molecule has 1 fully saturated rings. The molecular weight excluding hydrogens is 248 g/mol. The lowest BCUT2D eigenvalue weighted by atomic mass is 9.95. The van der Waals surface area contributed by atoms with Crippen LogP contribution in [0.25, 0.3) is 6.08 Å². The molecule has 1 aromatic rings. The monoisotopic (exact) mass is 272 g/mol. The number of amides is 2. The molecule has 20 heavy (non-hydrogen) atoms. The van der Waals surface area contributed by atoms with E-state index in [1.54, 1.807) is 6.20 Å². The zero-order chi connectivity index (χ0) is 14.4. The van der Waals surface area contributed by atoms with E-state index in [9.17, 15) is 4.79 Å². The second-order valence-electron chi connectivity index (χ2n) is 5.54. The average Bonchev–Trinajstić information content (AvgIpc) is 2.49. The summed E-state index contributed by atoms with van der Waals surface area (Å²) in [5, 5.41) is 2.86. The van der Waals surface area contributed by atoms with Gasteiger partial charge < -0.3 is 10.2 Å². The minimum Gasteiger partial charge on any atom is -0.325 e. The zero-order valence-electron chi connectivity index (χ0n) is 12.4. The van der Waals surface area contributed by atoms with Gasteiger partial charge in [0.25, 0.3) is 0 Å². The second-order valence-corrected chi connectivity index (χ2v) is 5.54. The molecule has 0 spiro atoms. The minimum absolute atomic E-state index is 0.0123. The molecule has 2 rings (SSSR count). The van der Waals surface area contributed by atoms with Crippen molar-refractivity contribution >= 4 is 12.1 Å². The van der Waals surface area contributed by atoms with Gasteiger partial charge in [0.15, 0.2) is 0 Å². The Balaban J connectivity index is 1.86. The quantitative estimate of drug-likeness (QED) is 0.888. The molecule has 0 atom stereocenters. The van der Waals surface area contributed by atoms with Gasteiger partial charge in [-0.2, -0.15) is 0 Å². The summed E-state index contributed by atoms with van der Waals surface area (Å²) in [5.74, 6) is 0. The van der Waals surface area contributed by atoms with Crippen LogP contribution in [-0.4, -0.2) is 24.0 Å². The lowest BCUT2D eigenvalue weighted by Crippen LogP contribution is -2.42. The van der Waals surface area contributed by atoms with E-state index in [0.717, 1.165) is 18.4 Å². The lowest BCUT2D eigenvalue weighted by Gasteiger charge is -2.30. The molecule has 1 aliphatic carbocycles. The van der Waals surface area contributed by atoms with Gasteiger partial charge >= 0.3 is 6.03 Å². The molecule has 0 heterocycles. The summed E-state index contributed by atoms with van der Waals surface area (Å²) in [6.45, 7) is 2.07. The smallest absolute Gasteiger partial charge is 0.321 e. The number of benzene rings is 1. The number of aryl methyl sites for hydroxylation is 1. The first kappa shape index (κ1) is 14.6. The van der Waals surface area contributed by atoms with E-state index in [4.69, 9.17) is 0 Å². The summed E-state index contributed by atoms with van der Waals surface area (Å²) >= 11 is 0. The molecule has 2 amide bonds. The van der Waals surface area contributed by atoms with Crippen LogP contribution in [-0.2, 0) is 0 Å². The number of urea groups is 1. The molecule has 0 aromatic heterocycles. The number of rotatable bonds is 3. The maximum absolute atomic E-state index is 12.1. The fourth-order valence-corrected chi connectivity index (χ4v) is 2.71. The number of nitrogens with one attached hydrogen (secondary N) is 1. The maximum atomic E-state index is 12.1. The standard InChI is InChI=1S/C17H24N2O/c1-14-8-6-7-9-15(14)12-13-18-17(20)19(2)16-10-4-3-5-11-16/h6-9,12-13,16H,3-5,10-11H2,1-2H3,(H,18,20)/b13-12+. The van der Waals surface area contributed by atoms with Gasteiger partial charge in [0.1, 0.15) is 0 Å². The van der Waals surface area contributed by atoms with Crippen LogP contribution < -0.4 is 5.32 Å². The van der Waals surface area contributed by atoms with E-state index >= 15 is 0 Å². The van der Waals surface area contributed by atoms with Crippen LogP contribution in [0.2, 0.25) is 0 Å². The van der Waals surface area contributed by atoms with Crippen LogP contribution in [0.15, 0.2) is 30.5 Å². The molecule has 3 heteroatoms. The highest BCUT2D eigenvalue weighted by atomic mass is 16.2. The molecule has 1 saturated carbocycles. The van der Waals surface area contributed by atoms with Gasteiger partial charge in [-0.05, 0) is 37.0 Å². The van der Waals surface area contributed by atoms with Crippen molar-refractivity contribution in [1.82, 2.24) is 10.2 Å². The van der Waals surface area contributed by atoms with E-state index in [1.165, 1.54) is 24.8 Å². The first-order valence-corrected chi connectivity index (χ1v) is 7.44. The van der Waals surface area contributed by atoms with E-state index in [1.807, 2.05) is 36.2 Å². The Kier molecular flexibility index (Phi) is 5.22. The number of hydrogen-bond donors (Lipinski definition) is 1. The van der Waals surface area contributed by atoms with Crippen molar-refractivity contribution in [2.75, 3.05) is 7.05 Å². The van der Waals surface area contributed by atoms with Crippen LogP contribution >= 0.6 is 0 Å². The van der Waals surface area contributed by atoms with Crippen molar-refractivity contribution in [2.24, 2.45) is 0 Å². The predicted molar refractivity (Wildman–Crippen MR) is 83.4 cm³/mol. The lowest BCUT2D eigenvalue weighted by molar-refractivity contribution is 0.177. The maximum Gasteiger partial charge on any atom is 0.321 e. The SMILES string of the molecule is Cc1ccccc1/C=C/NC(=O)N(C)C1CCCCC1. The molecule has 0 unspecified atom stereocenters. The Hall–Kier alpha value is -1.77. The van der Waals surface area contributed by atoms with Crippen molar-refractivity contribution in [3.05, 3.63) is 41.6 Å².